The number of hydrogen-bond acceptors (Lipinski definition) is 4. The summed E-state index contributed by atoms with van der Waals surface area (Å²) in [5.41, 5.74) is -0.554. The molecule has 0 fully saturated rings. The molecule has 0 aromatic heterocycles. The van der Waals surface area contributed by atoms with Gasteiger partial charge in [0.25, 0.3) is 0 Å². The second kappa shape index (κ2) is 7.97. The first-order chi connectivity index (χ1) is 12.5. The van der Waals surface area contributed by atoms with E-state index in [2.05, 4.69) is 5.32 Å². The molecule has 2 aromatic rings. The largest absolute Gasteiger partial charge is 0.492 e. The number of nitrogens with one attached hydrogen (secondary N) is 1. The fourth-order valence-electron chi connectivity index (χ4n) is 2.26. The Hall–Kier alpha value is -2.59. The lowest BCUT2D eigenvalue weighted by molar-refractivity contribution is -0.137. The van der Waals surface area contributed by atoms with Crippen LogP contribution >= 0.6 is 0 Å². The summed E-state index contributed by atoms with van der Waals surface area (Å²) < 4.78 is 66.3. The van der Waals surface area contributed by atoms with E-state index >= 15 is 0 Å². The van der Waals surface area contributed by atoms with Gasteiger partial charge < -0.3 is 10.1 Å². The number of alkyl halides is 3. The maximum atomic E-state index is 12.9. The first-order valence-electron chi connectivity index (χ1n) is 7.76. The van der Waals surface area contributed by atoms with Gasteiger partial charge in [0.15, 0.2) is 0 Å². The number of benzene rings is 2. The van der Waals surface area contributed by atoms with Crippen molar-refractivity contribution in [2.24, 2.45) is 5.14 Å². The molecule has 2 aromatic carbocycles. The van der Waals surface area contributed by atoms with Crippen molar-refractivity contribution >= 4 is 21.6 Å². The highest BCUT2D eigenvalue weighted by Crippen LogP contribution is 2.35. The van der Waals surface area contributed by atoms with Crippen LogP contribution in [0.2, 0.25) is 0 Å². The summed E-state index contributed by atoms with van der Waals surface area (Å²) in [5, 5.41) is 7.39. The van der Waals surface area contributed by atoms with Crippen LogP contribution in [-0.2, 0) is 27.4 Å². The maximum Gasteiger partial charge on any atom is 0.416 e. The third-order valence-corrected chi connectivity index (χ3v) is 4.43. The van der Waals surface area contributed by atoms with Crippen LogP contribution in [-0.4, -0.2) is 20.9 Å². The van der Waals surface area contributed by atoms with E-state index in [1.165, 1.54) is 24.3 Å². The molecule has 27 heavy (non-hydrogen) atoms. The van der Waals surface area contributed by atoms with Gasteiger partial charge in [-0.2, -0.15) is 13.2 Å². The lowest BCUT2D eigenvalue weighted by Crippen LogP contribution is -2.17. The quantitative estimate of drug-likeness (QED) is 0.776. The molecule has 3 N–H and O–H groups in total. The van der Waals surface area contributed by atoms with Crippen LogP contribution < -0.4 is 15.2 Å². The van der Waals surface area contributed by atoms with Crippen molar-refractivity contribution in [3.8, 4) is 5.75 Å². The highest BCUT2D eigenvalue weighted by Gasteiger charge is 2.31. The predicted molar refractivity (Wildman–Crippen MR) is 92.8 cm³/mol. The Morgan fingerprint density at radius 2 is 1.78 bits per heavy atom. The Kier molecular flexibility index (Phi) is 6.11. The Balaban J connectivity index is 2.19. The number of rotatable bonds is 6. The third-order valence-electron chi connectivity index (χ3n) is 3.50. The molecule has 0 aliphatic rings. The second-order valence-electron chi connectivity index (χ2n) is 5.56. The molecule has 0 saturated carbocycles. The van der Waals surface area contributed by atoms with Crippen LogP contribution in [0.5, 0.6) is 5.75 Å². The average Bonchev–Trinajstić information content (AvgIpc) is 2.55. The monoisotopic (exact) mass is 402 g/mol. The van der Waals surface area contributed by atoms with Gasteiger partial charge in [-0.15, -0.1) is 0 Å². The Bertz CT molecular complexity index is 926. The average molecular weight is 402 g/mol. The molecule has 6 nitrogen and oxygen atoms in total. The number of amides is 1. The van der Waals surface area contributed by atoms with Crippen molar-refractivity contribution in [1.82, 2.24) is 0 Å². The fraction of sp³-hybridized carbons (Fsp3) is 0.235. The zero-order chi connectivity index (χ0) is 20.2. The second-order valence-corrected chi connectivity index (χ2v) is 7.12. The minimum absolute atomic E-state index is 0.0992. The van der Waals surface area contributed by atoms with Gasteiger partial charge in [0, 0.05) is 0 Å². The molecule has 0 spiro atoms. The van der Waals surface area contributed by atoms with Crippen LogP contribution in [0.15, 0.2) is 47.4 Å². The van der Waals surface area contributed by atoms with E-state index < -0.39 is 27.7 Å². The van der Waals surface area contributed by atoms with E-state index in [9.17, 15) is 26.4 Å². The zero-order valence-electron chi connectivity index (χ0n) is 14.2. The maximum absolute atomic E-state index is 12.9. The van der Waals surface area contributed by atoms with Crippen molar-refractivity contribution in [2.75, 3.05) is 11.9 Å². The Morgan fingerprint density at radius 1 is 1.15 bits per heavy atom. The zero-order valence-corrected chi connectivity index (χ0v) is 15.0. The van der Waals surface area contributed by atoms with E-state index in [0.717, 1.165) is 18.2 Å². The smallest absolute Gasteiger partial charge is 0.416 e. The highest BCUT2D eigenvalue weighted by atomic mass is 32.2. The predicted octanol–water partition coefficient (Wildman–Crippen LogP) is 2.93. The van der Waals surface area contributed by atoms with Gasteiger partial charge in [0.05, 0.1) is 29.2 Å². The van der Waals surface area contributed by atoms with Gasteiger partial charge >= 0.3 is 6.18 Å². The fourth-order valence-corrected chi connectivity index (χ4v) is 2.78. The van der Waals surface area contributed by atoms with E-state index in [-0.39, 0.29) is 29.4 Å². The summed E-state index contributed by atoms with van der Waals surface area (Å²) in [4.78, 5) is 12.1. The van der Waals surface area contributed by atoms with E-state index in [0.29, 0.717) is 5.56 Å². The van der Waals surface area contributed by atoms with Crippen LogP contribution in [0, 0.1) is 0 Å². The first kappa shape index (κ1) is 20.7. The number of sulfonamides is 1. The summed E-state index contributed by atoms with van der Waals surface area (Å²) >= 11 is 0. The van der Waals surface area contributed by atoms with Gasteiger partial charge in [-0.3, -0.25) is 4.79 Å². The van der Waals surface area contributed by atoms with Crippen LogP contribution in [0.25, 0.3) is 0 Å². The van der Waals surface area contributed by atoms with Gasteiger partial charge in [-0.25, -0.2) is 13.6 Å². The summed E-state index contributed by atoms with van der Waals surface area (Å²) in [6.07, 6.45) is -4.74. The molecule has 0 aliphatic heterocycles. The standard InChI is InChI=1S/C17H17F3N2O4S/c1-2-26-15-8-5-12(17(18,19)20)10-14(15)22-16(23)9-11-3-6-13(7-4-11)27(21,24)25/h3-8,10H,2,9H2,1H3,(H,22,23)(H2,21,24,25). The number of anilines is 1. The number of nitrogens with two attached hydrogens (primary N) is 1. The number of carbonyl (C=O) groups excluding carboxylic acids is 1. The molecule has 0 unspecified atom stereocenters. The lowest BCUT2D eigenvalue weighted by Gasteiger charge is -2.14. The molecule has 146 valence electrons. The van der Waals surface area contributed by atoms with Crippen molar-refractivity contribution < 1.29 is 31.1 Å². The first-order valence-corrected chi connectivity index (χ1v) is 9.31. The van der Waals surface area contributed by atoms with Crippen molar-refractivity contribution in [1.29, 1.82) is 0 Å². The summed E-state index contributed by atoms with van der Waals surface area (Å²) in [5.74, 6) is -0.470. The molecule has 0 radical (unpaired) electrons. The Labute approximate surface area is 154 Å². The molecule has 0 bridgehead atoms. The molecule has 0 heterocycles. The van der Waals surface area contributed by atoms with E-state index in [1.54, 1.807) is 6.92 Å². The number of hydrogen-bond donors (Lipinski definition) is 2. The van der Waals surface area contributed by atoms with E-state index in [1.807, 2.05) is 0 Å². The van der Waals surface area contributed by atoms with Gasteiger partial charge in [0.2, 0.25) is 15.9 Å². The normalized spacial score (nSPS) is 11.9. The SMILES string of the molecule is CCOc1ccc(C(F)(F)F)cc1NC(=O)Cc1ccc(S(N)(=O)=O)cc1. The molecule has 0 aliphatic carbocycles. The number of halogens is 3. The molecular weight excluding hydrogens is 385 g/mol. The minimum atomic E-state index is -4.56. The van der Waals surface area contributed by atoms with Gasteiger partial charge in [-0.05, 0) is 42.8 Å². The van der Waals surface area contributed by atoms with Crippen molar-refractivity contribution in [3.05, 3.63) is 53.6 Å². The van der Waals surface area contributed by atoms with E-state index in [4.69, 9.17) is 9.88 Å². The number of carbonyl (C=O) groups is 1. The van der Waals surface area contributed by atoms with Gasteiger partial charge in [0.1, 0.15) is 5.75 Å². The molecular formula is C17H17F3N2O4S. The highest BCUT2D eigenvalue weighted by molar-refractivity contribution is 7.89. The summed E-state index contributed by atoms with van der Waals surface area (Å²) in [6.45, 7) is 1.87. The molecule has 0 atom stereocenters. The van der Waals surface area contributed by atoms with Crippen molar-refractivity contribution in [3.63, 3.8) is 0 Å². The number of ether oxygens (including phenoxy) is 1. The Morgan fingerprint density at radius 3 is 2.30 bits per heavy atom. The third kappa shape index (κ3) is 5.69. The van der Waals surface area contributed by atoms with Crippen LogP contribution in [0.1, 0.15) is 18.1 Å². The minimum Gasteiger partial charge on any atom is -0.492 e. The number of primary sulfonamides is 1. The molecule has 0 saturated heterocycles. The summed E-state index contributed by atoms with van der Waals surface area (Å²) in [7, 11) is -3.85. The van der Waals surface area contributed by atoms with Crippen molar-refractivity contribution in [2.45, 2.75) is 24.4 Å². The van der Waals surface area contributed by atoms with Crippen LogP contribution in [0.3, 0.4) is 0 Å². The molecule has 10 heteroatoms. The topological polar surface area (TPSA) is 98.5 Å². The summed E-state index contributed by atoms with van der Waals surface area (Å²) in [6, 6.07) is 8.09. The molecule has 2 rings (SSSR count). The molecule has 1 amide bonds. The van der Waals surface area contributed by atoms with Gasteiger partial charge in [-0.1, -0.05) is 12.1 Å². The lowest BCUT2D eigenvalue weighted by atomic mass is 10.1. The van der Waals surface area contributed by atoms with Crippen LogP contribution in [0.4, 0.5) is 18.9 Å².